The third-order valence-corrected chi connectivity index (χ3v) is 7.14. The molecule has 0 spiro atoms. The van der Waals surface area contributed by atoms with E-state index in [4.69, 9.17) is 0 Å². The summed E-state index contributed by atoms with van der Waals surface area (Å²) in [4.78, 5) is 0.332. The van der Waals surface area contributed by atoms with Crippen molar-refractivity contribution in [2.24, 2.45) is 0 Å². The van der Waals surface area contributed by atoms with Crippen LogP contribution in [0.15, 0.2) is 53.4 Å². The number of rotatable bonds is 7. The number of nitrogens with one attached hydrogen (secondary N) is 1. The predicted molar refractivity (Wildman–Crippen MR) is 112 cm³/mol. The van der Waals surface area contributed by atoms with Crippen molar-refractivity contribution in [3.63, 3.8) is 0 Å². The van der Waals surface area contributed by atoms with E-state index in [1.807, 2.05) is 26.0 Å². The van der Waals surface area contributed by atoms with Crippen LogP contribution in [0.4, 0.5) is 5.69 Å². The summed E-state index contributed by atoms with van der Waals surface area (Å²) < 4.78 is 28.1. The number of fused-ring (bicyclic) bond motifs is 1. The van der Waals surface area contributed by atoms with Gasteiger partial charge in [0, 0.05) is 12.1 Å². The van der Waals surface area contributed by atoms with Crippen LogP contribution in [0.25, 0.3) is 0 Å². The number of anilines is 1. The highest BCUT2D eigenvalue weighted by Crippen LogP contribution is 2.31. The quantitative estimate of drug-likeness (QED) is 0.778. The normalized spacial score (nSPS) is 17.0. The molecule has 2 aromatic carbocycles. The van der Waals surface area contributed by atoms with Gasteiger partial charge in [-0.3, -0.25) is 4.31 Å². The molecule has 27 heavy (non-hydrogen) atoms. The zero-order chi connectivity index (χ0) is 19.4. The molecule has 0 aromatic heterocycles. The van der Waals surface area contributed by atoms with Crippen LogP contribution in [-0.4, -0.2) is 27.0 Å². The lowest BCUT2D eigenvalue weighted by molar-refractivity contribution is 0.459. The fraction of sp³-hybridized carbons (Fsp3) is 0.455. The number of benzene rings is 2. The van der Waals surface area contributed by atoms with E-state index in [2.05, 4.69) is 24.4 Å². The molecule has 0 fully saturated rings. The van der Waals surface area contributed by atoms with Crippen LogP contribution < -0.4 is 9.62 Å². The first-order valence-electron chi connectivity index (χ1n) is 9.88. The lowest BCUT2D eigenvalue weighted by Crippen LogP contribution is -2.38. The van der Waals surface area contributed by atoms with Gasteiger partial charge in [0.1, 0.15) is 0 Å². The topological polar surface area (TPSA) is 49.4 Å². The molecule has 146 valence electrons. The van der Waals surface area contributed by atoms with E-state index in [0.717, 1.165) is 37.9 Å². The van der Waals surface area contributed by atoms with Crippen molar-refractivity contribution in [2.45, 2.75) is 63.4 Å². The average Bonchev–Trinajstić information content (AvgIpc) is 2.66. The molecule has 0 amide bonds. The zero-order valence-electron chi connectivity index (χ0n) is 16.5. The Hall–Kier alpha value is -1.85. The minimum Gasteiger partial charge on any atom is -0.314 e. The first-order valence-corrected chi connectivity index (χ1v) is 11.3. The van der Waals surface area contributed by atoms with Crippen LogP contribution in [0.5, 0.6) is 0 Å². The first kappa shape index (κ1) is 19.9. The number of aryl methyl sites for hydroxylation is 1. The van der Waals surface area contributed by atoms with Crippen molar-refractivity contribution in [1.82, 2.24) is 5.32 Å². The lowest BCUT2D eigenvalue weighted by Gasteiger charge is -2.31. The second kappa shape index (κ2) is 8.44. The van der Waals surface area contributed by atoms with Gasteiger partial charge in [0.25, 0.3) is 10.0 Å². The van der Waals surface area contributed by atoms with E-state index in [9.17, 15) is 8.42 Å². The molecule has 1 aliphatic rings. The van der Waals surface area contributed by atoms with E-state index in [0.29, 0.717) is 10.9 Å². The third kappa shape index (κ3) is 4.36. The van der Waals surface area contributed by atoms with E-state index < -0.39 is 10.0 Å². The second-order valence-electron chi connectivity index (χ2n) is 7.55. The van der Waals surface area contributed by atoms with Gasteiger partial charge in [0.05, 0.1) is 10.6 Å². The molecule has 4 nitrogen and oxygen atoms in total. The molecule has 1 atom stereocenters. The Balaban J connectivity index is 1.94. The molecule has 0 aliphatic heterocycles. The highest BCUT2D eigenvalue weighted by atomic mass is 32.2. The maximum Gasteiger partial charge on any atom is 0.264 e. The van der Waals surface area contributed by atoms with Gasteiger partial charge < -0.3 is 5.32 Å². The highest BCUT2D eigenvalue weighted by Gasteiger charge is 2.28. The summed E-state index contributed by atoms with van der Waals surface area (Å²) >= 11 is 0. The largest absolute Gasteiger partial charge is 0.314 e. The Kier molecular flexibility index (Phi) is 6.22. The van der Waals surface area contributed by atoms with E-state index >= 15 is 0 Å². The summed E-state index contributed by atoms with van der Waals surface area (Å²) in [5.41, 5.74) is 3.36. The molecular formula is C22H30N2O2S. The standard InChI is InChI=1S/C22H30N2O2S/c1-4-14-23-20-12-10-18-11-13-21(16-19(18)15-20)24(17(2)3)27(25,26)22-8-6-5-7-9-22/h5-9,11,13,16-17,20,23H,4,10,12,14-15H2,1-3H3/t20-/m1/s1. The van der Waals surface area contributed by atoms with Crippen molar-refractivity contribution in [3.8, 4) is 0 Å². The van der Waals surface area contributed by atoms with Crippen LogP contribution in [-0.2, 0) is 22.9 Å². The maximum atomic E-state index is 13.3. The fourth-order valence-electron chi connectivity index (χ4n) is 3.82. The molecule has 0 unspecified atom stereocenters. The predicted octanol–water partition coefficient (Wildman–Crippen LogP) is 4.15. The van der Waals surface area contributed by atoms with Gasteiger partial charge >= 0.3 is 0 Å². The van der Waals surface area contributed by atoms with Crippen LogP contribution in [0.2, 0.25) is 0 Å². The van der Waals surface area contributed by atoms with Gasteiger partial charge in [0.15, 0.2) is 0 Å². The molecule has 5 heteroatoms. The van der Waals surface area contributed by atoms with Crippen molar-refractivity contribution in [2.75, 3.05) is 10.8 Å². The Labute approximate surface area is 163 Å². The molecule has 2 aromatic rings. The fourth-order valence-corrected chi connectivity index (χ4v) is 5.50. The molecule has 0 radical (unpaired) electrons. The van der Waals surface area contributed by atoms with Gasteiger partial charge in [0.2, 0.25) is 0 Å². The zero-order valence-corrected chi connectivity index (χ0v) is 17.3. The Morgan fingerprint density at radius 2 is 1.85 bits per heavy atom. The smallest absolute Gasteiger partial charge is 0.264 e. The maximum absolute atomic E-state index is 13.3. The molecule has 0 saturated carbocycles. The molecule has 1 aliphatic carbocycles. The summed E-state index contributed by atoms with van der Waals surface area (Å²) in [5.74, 6) is 0. The Morgan fingerprint density at radius 3 is 2.52 bits per heavy atom. The van der Waals surface area contributed by atoms with Crippen molar-refractivity contribution >= 4 is 15.7 Å². The minimum atomic E-state index is -3.59. The summed E-state index contributed by atoms with van der Waals surface area (Å²) in [5, 5.41) is 3.61. The van der Waals surface area contributed by atoms with Crippen LogP contribution in [0.3, 0.4) is 0 Å². The lowest BCUT2D eigenvalue weighted by atomic mass is 9.88. The number of hydrogen-bond donors (Lipinski definition) is 1. The SMILES string of the molecule is CCCN[C@@H]1CCc2ccc(N(C(C)C)S(=O)(=O)c3ccccc3)cc2C1. The molecule has 0 bridgehead atoms. The van der Waals surface area contributed by atoms with Crippen molar-refractivity contribution in [3.05, 3.63) is 59.7 Å². The highest BCUT2D eigenvalue weighted by molar-refractivity contribution is 7.92. The van der Waals surface area contributed by atoms with E-state index in [-0.39, 0.29) is 6.04 Å². The van der Waals surface area contributed by atoms with E-state index in [1.165, 1.54) is 11.1 Å². The summed E-state index contributed by atoms with van der Waals surface area (Å²) in [7, 11) is -3.59. The Morgan fingerprint density at radius 1 is 1.11 bits per heavy atom. The van der Waals surface area contributed by atoms with E-state index in [1.54, 1.807) is 28.6 Å². The average molecular weight is 387 g/mol. The van der Waals surface area contributed by atoms with Gasteiger partial charge in [-0.25, -0.2) is 8.42 Å². The van der Waals surface area contributed by atoms with Crippen molar-refractivity contribution in [1.29, 1.82) is 0 Å². The van der Waals surface area contributed by atoms with Gasteiger partial charge in [-0.1, -0.05) is 31.2 Å². The summed E-state index contributed by atoms with van der Waals surface area (Å²) in [6.45, 7) is 7.05. The van der Waals surface area contributed by atoms with Gasteiger partial charge in [-0.05, 0) is 81.5 Å². The van der Waals surface area contributed by atoms with Crippen LogP contribution in [0.1, 0.15) is 44.7 Å². The number of nitrogens with zero attached hydrogens (tertiary/aromatic N) is 1. The molecule has 3 rings (SSSR count). The molecule has 0 heterocycles. The monoisotopic (exact) mass is 386 g/mol. The second-order valence-corrected chi connectivity index (χ2v) is 9.37. The summed E-state index contributed by atoms with van der Waals surface area (Å²) in [6.07, 6.45) is 4.27. The van der Waals surface area contributed by atoms with Gasteiger partial charge in [-0.15, -0.1) is 0 Å². The molecular weight excluding hydrogens is 356 g/mol. The molecule has 1 N–H and O–H groups in total. The molecule has 0 saturated heterocycles. The number of sulfonamides is 1. The van der Waals surface area contributed by atoms with Crippen molar-refractivity contribution < 1.29 is 8.42 Å². The Bertz CT molecular complexity index is 863. The first-order chi connectivity index (χ1) is 12.9. The van der Waals surface area contributed by atoms with Gasteiger partial charge in [-0.2, -0.15) is 0 Å². The third-order valence-electron chi connectivity index (χ3n) is 5.12. The van der Waals surface area contributed by atoms with Crippen LogP contribution >= 0.6 is 0 Å². The summed E-state index contributed by atoms with van der Waals surface area (Å²) in [6, 6.07) is 15.1. The van der Waals surface area contributed by atoms with Crippen LogP contribution in [0, 0.1) is 0 Å². The number of hydrogen-bond acceptors (Lipinski definition) is 3. The minimum absolute atomic E-state index is 0.161.